The van der Waals surface area contributed by atoms with Crippen LogP contribution in [0.1, 0.15) is 38.1 Å². The van der Waals surface area contributed by atoms with Crippen molar-refractivity contribution in [3.05, 3.63) is 53.9 Å². The zero-order chi connectivity index (χ0) is 19.4. The van der Waals surface area contributed by atoms with Gasteiger partial charge in [-0.1, -0.05) is 26.0 Å². The average molecular weight is 369 g/mol. The van der Waals surface area contributed by atoms with Crippen molar-refractivity contribution in [1.82, 2.24) is 9.47 Å². The molecule has 0 aliphatic carbocycles. The molecule has 1 aliphatic heterocycles. The van der Waals surface area contributed by atoms with Crippen LogP contribution in [-0.2, 0) is 22.5 Å². The molecule has 1 aromatic carbocycles. The lowest BCUT2D eigenvalue weighted by Crippen LogP contribution is -2.45. The highest BCUT2D eigenvalue weighted by Crippen LogP contribution is 2.32. The maximum atomic E-state index is 12.9. The molecule has 144 valence electrons. The van der Waals surface area contributed by atoms with Crippen LogP contribution in [0.2, 0.25) is 0 Å². The third-order valence-corrected chi connectivity index (χ3v) is 4.84. The van der Waals surface area contributed by atoms with Gasteiger partial charge in [0, 0.05) is 30.7 Å². The normalized spacial score (nSPS) is 16.1. The molecule has 0 radical (unpaired) electrons. The van der Waals surface area contributed by atoms with E-state index in [1.54, 1.807) is 6.92 Å². The van der Waals surface area contributed by atoms with Crippen LogP contribution in [0.5, 0.6) is 0 Å². The average Bonchev–Trinajstić information content (AvgIpc) is 3.11. The summed E-state index contributed by atoms with van der Waals surface area (Å²) in [6.45, 7) is 7.92. The molecule has 1 aromatic heterocycles. The van der Waals surface area contributed by atoms with Crippen molar-refractivity contribution in [3.8, 4) is 0 Å². The molecule has 2 aromatic rings. The third-order valence-electron chi connectivity index (χ3n) is 4.84. The highest BCUT2D eigenvalue weighted by Gasteiger charge is 2.32. The van der Waals surface area contributed by atoms with Gasteiger partial charge < -0.3 is 19.5 Å². The van der Waals surface area contributed by atoms with Crippen LogP contribution in [0.3, 0.4) is 0 Å². The highest BCUT2D eigenvalue weighted by atomic mass is 16.5. The second kappa shape index (κ2) is 8.29. The largest absolute Gasteiger partial charge is 0.466 e. The third kappa shape index (κ3) is 4.32. The Hall–Kier alpha value is -2.76. The summed E-state index contributed by atoms with van der Waals surface area (Å²) in [5.41, 5.74) is 2.76. The van der Waals surface area contributed by atoms with Gasteiger partial charge in [0.1, 0.15) is 0 Å². The molecule has 2 amide bonds. The number of urea groups is 1. The summed E-state index contributed by atoms with van der Waals surface area (Å²) in [5.74, 6) is 0.0713. The number of amides is 2. The van der Waals surface area contributed by atoms with Gasteiger partial charge >= 0.3 is 12.0 Å². The Morgan fingerprint density at radius 3 is 2.59 bits per heavy atom. The molecule has 1 atom stereocenters. The van der Waals surface area contributed by atoms with E-state index in [0.717, 1.165) is 17.8 Å². The number of ether oxygens (including phenoxy) is 1. The summed E-state index contributed by atoms with van der Waals surface area (Å²) in [7, 11) is 0. The second-order valence-corrected chi connectivity index (χ2v) is 7.12. The van der Waals surface area contributed by atoms with Gasteiger partial charge in [-0.3, -0.25) is 4.79 Å². The van der Waals surface area contributed by atoms with Crippen molar-refractivity contribution >= 4 is 17.7 Å². The Kier molecular flexibility index (Phi) is 5.84. The molecule has 0 saturated carbocycles. The molecule has 6 nitrogen and oxygen atoms in total. The number of fused-ring (bicyclic) bond motifs is 1. The van der Waals surface area contributed by atoms with Crippen molar-refractivity contribution in [2.75, 3.05) is 18.5 Å². The lowest BCUT2D eigenvalue weighted by molar-refractivity contribution is -0.142. The minimum absolute atomic E-state index is 0.0526. The van der Waals surface area contributed by atoms with Gasteiger partial charge in [-0.2, -0.15) is 0 Å². The number of nitrogens with zero attached hydrogens (tertiary/aromatic N) is 2. The number of nitrogens with one attached hydrogen (secondary N) is 1. The van der Waals surface area contributed by atoms with E-state index in [1.165, 1.54) is 5.69 Å². The Labute approximate surface area is 160 Å². The number of benzene rings is 1. The topological polar surface area (TPSA) is 63.6 Å². The van der Waals surface area contributed by atoms with Crippen LogP contribution in [0, 0.1) is 5.92 Å². The summed E-state index contributed by atoms with van der Waals surface area (Å²) in [5, 5.41) is 2.99. The van der Waals surface area contributed by atoms with E-state index in [9.17, 15) is 9.59 Å². The molecule has 27 heavy (non-hydrogen) atoms. The fourth-order valence-corrected chi connectivity index (χ4v) is 3.62. The number of hydrogen-bond donors (Lipinski definition) is 1. The van der Waals surface area contributed by atoms with Crippen molar-refractivity contribution in [1.29, 1.82) is 0 Å². The van der Waals surface area contributed by atoms with E-state index >= 15 is 0 Å². The van der Waals surface area contributed by atoms with E-state index < -0.39 is 0 Å². The summed E-state index contributed by atoms with van der Waals surface area (Å²) < 4.78 is 7.18. The van der Waals surface area contributed by atoms with Gasteiger partial charge in [-0.15, -0.1) is 0 Å². The summed E-state index contributed by atoms with van der Waals surface area (Å²) in [6.07, 6.45) is 2.31. The molecule has 0 saturated heterocycles. The lowest BCUT2D eigenvalue weighted by atomic mass is 9.97. The maximum Gasteiger partial charge on any atom is 0.322 e. The number of aromatic nitrogens is 1. The predicted octanol–water partition coefficient (Wildman–Crippen LogP) is 3.84. The Morgan fingerprint density at radius 1 is 1.19 bits per heavy atom. The van der Waals surface area contributed by atoms with E-state index in [4.69, 9.17) is 4.74 Å². The van der Waals surface area contributed by atoms with Gasteiger partial charge in [0.2, 0.25) is 0 Å². The van der Waals surface area contributed by atoms with Crippen LogP contribution in [-0.4, -0.2) is 34.6 Å². The number of carbonyl (C=O) groups is 2. The summed E-state index contributed by atoms with van der Waals surface area (Å²) >= 11 is 0. The summed E-state index contributed by atoms with van der Waals surface area (Å²) in [6, 6.07) is 11.4. The van der Waals surface area contributed by atoms with Gasteiger partial charge in [-0.25, -0.2) is 4.79 Å². The Balaban J connectivity index is 1.67. The molecule has 3 rings (SSSR count). The molecule has 1 N–H and O–H groups in total. The SMILES string of the molecule is CCOC(=O)Cc1ccc(NC(=O)N2CCn3cccc3[C@@H]2C(C)C)cc1. The van der Waals surface area contributed by atoms with Gasteiger partial charge in [0.05, 0.1) is 19.1 Å². The monoisotopic (exact) mass is 369 g/mol. The molecule has 0 bridgehead atoms. The fourth-order valence-electron chi connectivity index (χ4n) is 3.62. The van der Waals surface area contributed by atoms with E-state index in [0.29, 0.717) is 19.1 Å². The Bertz CT molecular complexity index is 795. The fraction of sp³-hybridized carbons (Fsp3) is 0.429. The summed E-state index contributed by atoms with van der Waals surface area (Å²) in [4.78, 5) is 26.4. The van der Waals surface area contributed by atoms with Crippen molar-refractivity contribution in [2.45, 2.75) is 39.8 Å². The number of anilines is 1. The van der Waals surface area contributed by atoms with Crippen LogP contribution in [0.4, 0.5) is 10.5 Å². The molecule has 6 heteroatoms. The van der Waals surface area contributed by atoms with Crippen LogP contribution < -0.4 is 5.32 Å². The van der Waals surface area contributed by atoms with Crippen molar-refractivity contribution in [2.24, 2.45) is 5.92 Å². The van der Waals surface area contributed by atoms with Crippen LogP contribution in [0.15, 0.2) is 42.6 Å². The van der Waals surface area contributed by atoms with Crippen molar-refractivity contribution in [3.63, 3.8) is 0 Å². The first-order valence-electron chi connectivity index (χ1n) is 9.46. The second-order valence-electron chi connectivity index (χ2n) is 7.12. The van der Waals surface area contributed by atoms with Gasteiger partial charge in [0.25, 0.3) is 0 Å². The number of hydrogen-bond acceptors (Lipinski definition) is 3. The van der Waals surface area contributed by atoms with Crippen LogP contribution >= 0.6 is 0 Å². The molecule has 0 unspecified atom stereocenters. The highest BCUT2D eigenvalue weighted by molar-refractivity contribution is 5.89. The molecular weight excluding hydrogens is 342 g/mol. The molecule has 0 spiro atoms. The van der Waals surface area contributed by atoms with Crippen LogP contribution in [0.25, 0.3) is 0 Å². The van der Waals surface area contributed by atoms with Gasteiger partial charge in [0.15, 0.2) is 0 Å². The standard InChI is InChI=1S/C21H27N3O3/c1-4-27-19(25)14-16-7-9-17(10-8-16)22-21(26)24-13-12-23-11-5-6-18(23)20(24)15(2)3/h5-11,15,20H,4,12-14H2,1-3H3,(H,22,26)/t20-/m0/s1. The quantitative estimate of drug-likeness (QED) is 0.815. The lowest BCUT2D eigenvalue weighted by Gasteiger charge is -2.39. The number of rotatable bonds is 5. The van der Waals surface area contributed by atoms with E-state index in [-0.39, 0.29) is 24.5 Å². The zero-order valence-corrected chi connectivity index (χ0v) is 16.1. The molecule has 1 aliphatic rings. The minimum Gasteiger partial charge on any atom is -0.466 e. The maximum absolute atomic E-state index is 12.9. The minimum atomic E-state index is -0.245. The number of carbonyl (C=O) groups excluding carboxylic acids is 2. The first kappa shape index (κ1) is 19.0. The first-order valence-corrected chi connectivity index (χ1v) is 9.46. The smallest absolute Gasteiger partial charge is 0.322 e. The van der Waals surface area contributed by atoms with E-state index in [1.807, 2.05) is 35.2 Å². The molecule has 0 fully saturated rings. The predicted molar refractivity (Wildman–Crippen MR) is 105 cm³/mol. The Morgan fingerprint density at radius 2 is 1.93 bits per heavy atom. The van der Waals surface area contributed by atoms with Gasteiger partial charge in [-0.05, 0) is 42.7 Å². The number of esters is 1. The molecular formula is C21H27N3O3. The first-order chi connectivity index (χ1) is 13.0. The van der Waals surface area contributed by atoms with E-state index in [2.05, 4.69) is 36.0 Å². The molecule has 2 heterocycles. The van der Waals surface area contributed by atoms with Crippen molar-refractivity contribution < 1.29 is 14.3 Å². The zero-order valence-electron chi connectivity index (χ0n) is 16.1.